The summed E-state index contributed by atoms with van der Waals surface area (Å²) in [6.07, 6.45) is -2.20. The van der Waals surface area contributed by atoms with Crippen molar-refractivity contribution >= 4 is 5.78 Å². The molecule has 1 aliphatic rings. The van der Waals surface area contributed by atoms with Crippen molar-refractivity contribution < 1.29 is 23.0 Å². The summed E-state index contributed by atoms with van der Waals surface area (Å²) < 4.78 is 34.2. The van der Waals surface area contributed by atoms with Gasteiger partial charge in [0.15, 0.2) is 11.5 Å². The number of alkyl halides is 2. The van der Waals surface area contributed by atoms with Gasteiger partial charge in [-0.15, -0.1) is 8.78 Å². The maximum Gasteiger partial charge on any atom is 0.586 e. The van der Waals surface area contributed by atoms with Crippen molar-refractivity contribution in [2.75, 3.05) is 0 Å². The van der Waals surface area contributed by atoms with Crippen LogP contribution in [-0.2, 0) is 0 Å². The third-order valence-electron chi connectivity index (χ3n) is 2.56. The maximum atomic E-state index is 12.9. The molecule has 4 nitrogen and oxygen atoms in total. The van der Waals surface area contributed by atoms with Crippen LogP contribution in [0.4, 0.5) is 8.78 Å². The Bertz CT molecular complexity index is 644. The van der Waals surface area contributed by atoms with Gasteiger partial charge in [0.05, 0.1) is 0 Å². The van der Waals surface area contributed by atoms with Crippen LogP contribution in [0, 0.1) is 0 Å². The lowest BCUT2D eigenvalue weighted by atomic mass is 10.1. The lowest BCUT2D eigenvalue weighted by molar-refractivity contribution is -0.286. The summed E-state index contributed by atoms with van der Waals surface area (Å²) in [5.41, 5.74) is 0.437. The standard InChI is InChI=1S/C13H7F2NO3/c14-13(15)18-10-5-4-8(7-11(10)19-13)12(17)9-3-1-2-6-16-9/h1-7H. The molecule has 0 saturated carbocycles. The predicted molar refractivity (Wildman–Crippen MR) is 60.3 cm³/mol. The van der Waals surface area contributed by atoms with E-state index in [4.69, 9.17) is 0 Å². The lowest BCUT2D eigenvalue weighted by Crippen LogP contribution is -2.25. The molecule has 0 bridgehead atoms. The van der Waals surface area contributed by atoms with Crippen molar-refractivity contribution in [2.24, 2.45) is 0 Å². The first kappa shape index (κ1) is 11.6. The monoisotopic (exact) mass is 263 g/mol. The molecule has 96 valence electrons. The number of nitrogens with zero attached hydrogens (tertiary/aromatic N) is 1. The van der Waals surface area contributed by atoms with Gasteiger partial charge < -0.3 is 9.47 Å². The number of hydrogen-bond acceptors (Lipinski definition) is 4. The molecule has 0 fully saturated rings. The second-order valence-electron chi connectivity index (χ2n) is 3.87. The van der Waals surface area contributed by atoms with Crippen LogP contribution in [0.3, 0.4) is 0 Å². The smallest absolute Gasteiger partial charge is 0.395 e. The molecule has 3 rings (SSSR count). The molecule has 1 aliphatic heterocycles. The fourth-order valence-corrected chi connectivity index (χ4v) is 1.74. The van der Waals surface area contributed by atoms with Gasteiger partial charge >= 0.3 is 6.29 Å². The van der Waals surface area contributed by atoms with Gasteiger partial charge in [0.25, 0.3) is 0 Å². The van der Waals surface area contributed by atoms with Crippen molar-refractivity contribution in [1.82, 2.24) is 4.98 Å². The highest BCUT2D eigenvalue weighted by molar-refractivity contribution is 6.08. The summed E-state index contributed by atoms with van der Waals surface area (Å²) >= 11 is 0. The minimum Gasteiger partial charge on any atom is -0.395 e. The fraction of sp³-hybridized carbons (Fsp3) is 0.0769. The third kappa shape index (κ3) is 2.12. The summed E-state index contributed by atoms with van der Waals surface area (Å²) in [5, 5.41) is 0. The molecule has 1 aromatic carbocycles. The zero-order valence-corrected chi connectivity index (χ0v) is 9.47. The number of ether oxygens (including phenoxy) is 2. The highest BCUT2D eigenvalue weighted by Crippen LogP contribution is 2.41. The SMILES string of the molecule is O=C(c1ccc2c(c1)OC(F)(F)O2)c1ccccn1. The van der Waals surface area contributed by atoms with E-state index in [1.807, 2.05) is 0 Å². The van der Waals surface area contributed by atoms with Crippen LogP contribution in [-0.4, -0.2) is 17.1 Å². The summed E-state index contributed by atoms with van der Waals surface area (Å²) in [6.45, 7) is 0. The number of rotatable bonds is 2. The number of fused-ring (bicyclic) bond motifs is 1. The normalized spacial score (nSPS) is 15.3. The van der Waals surface area contributed by atoms with Gasteiger partial charge in [0.1, 0.15) is 5.69 Å². The zero-order chi connectivity index (χ0) is 13.5. The maximum absolute atomic E-state index is 12.9. The van der Waals surface area contributed by atoms with Gasteiger partial charge in [-0.2, -0.15) is 0 Å². The van der Waals surface area contributed by atoms with E-state index in [0.717, 1.165) is 0 Å². The van der Waals surface area contributed by atoms with Gasteiger partial charge in [-0.3, -0.25) is 9.78 Å². The molecule has 0 atom stereocenters. The average Bonchev–Trinajstić information content (AvgIpc) is 2.71. The molecule has 2 heterocycles. The molecule has 6 heteroatoms. The second kappa shape index (κ2) is 4.01. The van der Waals surface area contributed by atoms with Crippen LogP contribution < -0.4 is 9.47 Å². The molecule has 2 aromatic rings. The highest BCUT2D eigenvalue weighted by Gasteiger charge is 2.43. The first-order valence-corrected chi connectivity index (χ1v) is 5.41. The van der Waals surface area contributed by atoms with E-state index in [1.54, 1.807) is 18.2 Å². The van der Waals surface area contributed by atoms with Crippen molar-refractivity contribution in [3.8, 4) is 11.5 Å². The number of hydrogen-bond donors (Lipinski definition) is 0. The van der Waals surface area contributed by atoms with Crippen LogP contribution in [0.5, 0.6) is 11.5 Å². The summed E-state index contributed by atoms with van der Waals surface area (Å²) in [6, 6.07) is 8.76. The molecule has 0 N–H and O–H groups in total. The Labute approximate surface area is 106 Å². The van der Waals surface area contributed by atoms with Gasteiger partial charge in [0, 0.05) is 11.8 Å². The van der Waals surface area contributed by atoms with Crippen LogP contribution in [0.15, 0.2) is 42.6 Å². The number of carbonyl (C=O) groups is 1. The Hall–Kier alpha value is -2.50. The Morgan fingerprint density at radius 3 is 2.63 bits per heavy atom. The molecule has 1 aromatic heterocycles. The first-order valence-electron chi connectivity index (χ1n) is 5.41. The van der Waals surface area contributed by atoms with E-state index in [-0.39, 0.29) is 28.5 Å². The van der Waals surface area contributed by atoms with Gasteiger partial charge in [0.2, 0.25) is 5.78 Å². The minimum absolute atomic E-state index is 0.0948. The predicted octanol–water partition coefficient (Wildman–Crippen LogP) is 2.63. The Morgan fingerprint density at radius 1 is 1.11 bits per heavy atom. The molecule has 0 saturated heterocycles. The summed E-state index contributed by atoms with van der Waals surface area (Å²) in [5.74, 6) is -0.628. The molecule has 19 heavy (non-hydrogen) atoms. The highest BCUT2D eigenvalue weighted by atomic mass is 19.3. The first-order chi connectivity index (χ1) is 9.05. The Balaban J connectivity index is 1.95. The van der Waals surface area contributed by atoms with Crippen molar-refractivity contribution in [3.05, 3.63) is 53.9 Å². The van der Waals surface area contributed by atoms with E-state index in [0.29, 0.717) is 0 Å². The molecule has 0 unspecified atom stereocenters. The lowest BCUT2D eigenvalue weighted by Gasteiger charge is -2.04. The summed E-state index contributed by atoms with van der Waals surface area (Å²) in [7, 11) is 0. The number of halogens is 2. The van der Waals surface area contributed by atoms with E-state index in [9.17, 15) is 13.6 Å². The van der Waals surface area contributed by atoms with Crippen LogP contribution >= 0.6 is 0 Å². The van der Waals surface area contributed by atoms with Crippen molar-refractivity contribution in [2.45, 2.75) is 6.29 Å². The van der Waals surface area contributed by atoms with Crippen LogP contribution in [0.25, 0.3) is 0 Å². The van der Waals surface area contributed by atoms with Crippen LogP contribution in [0.2, 0.25) is 0 Å². The quantitative estimate of drug-likeness (QED) is 0.781. The van der Waals surface area contributed by atoms with Crippen LogP contribution in [0.1, 0.15) is 16.1 Å². The number of ketones is 1. The van der Waals surface area contributed by atoms with E-state index < -0.39 is 6.29 Å². The molecule has 0 amide bonds. The van der Waals surface area contributed by atoms with Crippen molar-refractivity contribution in [3.63, 3.8) is 0 Å². The second-order valence-corrected chi connectivity index (χ2v) is 3.87. The number of aromatic nitrogens is 1. The zero-order valence-electron chi connectivity index (χ0n) is 9.47. The number of benzene rings is 1. The molecular formula is C13H7F2NO3. The van der Waals surface area contributed by atoms with Gasteiger partial charge in [-0.05, 0) is 30.3 Å². The van der Waals surface area contributed by atoms with E-state index in [1.165, 1.54) is 24.4 Å². The third-order valence-corrected chi connectivity index (χ3v) is 2.56. The molecule has 0 radical (unpaired) electrons. The Morgan fingerprint density at radius 2 is 1.89 bits per heavy atom. The van der Waals surface area contributed by atoms with Gasteiger partial charge in [-0.1, -0.05) is 6.07 Å². The number of pyridine rings is 1. The average molecular weight is 263 g/mol. The largest absolute Gasteiger partial charge is 0.586 e. The number of carbonyl (C=O) groups excluding carboxylic acids is 1. The Kier molecular flexibility index (Phi) is 2.45. The van der Waals surface area contributed by atoms with Gasteiger partial charge in [-0.25, -0.2) is 0 Å². The molecular weight excluding hydrogens is 256 g/mol. The topological polar surface area (TPSA) is 48.4 Å². The summed E-state index contributed by atoms with van der Waals surface area (Å²) in [4.78, 5) is 16.0. The minimum atomic E-state index is -3.69. The van der Waals surface area contributed by atoms with Crippen molar-refractivity contribution in [1.29, 1.82) is 0 Å². The molecule has 0 aliphatic carbocycles. The molecule has 0 spiro atoms. The van der Waals surface area contributed by atoms with E-state index >= 15 is 0 Å². The van der Waals surface area contributed by atoms with E-state index in [2.05, 4.69) is 14.5 Å². The fourth-order valence-electron chi connectivity index (χ4n) is 1.74.